The first-order valence-corrected chi connectivity index (χ1v) is 7.09. The standard InChI is InChI=1S/C15H19ClN4O/c1-11-4-5-12(13(16)10-11)15(21)18-14-6-7-17-20(14)9-8-19(2)3/h4-7,10H,8-9H2,1-3H3,(H,18,21). The molecule has 0 bridgehead atoms. The number of likely N-dealkylation sites (N-methyl/N-ethyl adjacent to an activating group) is 1. The average Bonchev–Trinajstić information content (AvgIpc) is 2.83. The summed E-state index contributed by atoms with van der Waals surface area (Å²) in [6, 6.07) is 7.15. The van der Waals surface area contributed by atoms with Gasteiger partial charge in [-0.2, -0.15) is 5.10 Å². The van der Waals surface area contributed by atoms with Gasteiger partial charge in [0.1, 0.15) is 5.82 Å². The molecule has 1 aromatic carbocycles. The molecule has 1 aromatic heterocycles. The maximum absolute atomic E-state index is 12.3. The Hall–Kier alpha value is -1.85. The van der Waals surface area contributed by atoms with Crippen LogP contribution in [0, 0.1) is 6.92 Å². The van der Waals surface area contributed by atoms with Crippen molar-refractivity contribution in [3.8, 4) is 0 Å². The highest BCUT2D eigenvalue weighted by molar-refractivity contribution is 6.34. The molecule has 0 aliphatic heterocycles. The summed E-state index contributed by atoms with van der Waals surface area (Å²) in [5.74, 6) is 0.435. The first-order chi connectivity index (χ1) is 9.97. The molecule has 1 amide bonds. The fourth-order valence-corrected chi connectivity index (χ4v) is 2.22. The van der Waals surface area contributed by atoms with Crippen molar-refractivity contribution in [1.29, 1.82) is 0 Å². The van der Waals surface area contributed by atoms with Gasteiger partial charge in [-0.1, -0.05) is 17.7 Å². The number of rotatable bonds is 5. The number of aryl methyl sites for hydroxylation is 1. The van der Waals surface area contributed by atoms with Gasteiger partial charge in [-0.05, 0) is 38.7 Å². The quantitative estimate of drug-likeness (QED) is 0.924. The highest BCUT2D eigenvalue weighted by Gasteiger charge is 2.13. The number of carbonyl (C=O) groups is 1. The molecule has 5 nitrogen and oxygen atoms in total. The molecule has 0 unspecified atom stereocenters. The second kappa shape index (κ2) is 6.74. The number of amides is 1. The summed E-state index contributed by atoms with van der Waals surface area (Å²) in [6.07, 6.45) is 1.67. The van der Waals surface area contributed by atoms with Gasteiger partial charge < -0.3 is 10.2 Å². The summed E-state index contributed by atoms with van der Waals surface area (Å²) < 4.78 is 1.76. The summed E-state index contributed by atoms with van der Waals surface area (Å²) >= 11 is 6.12. The monoisotopic (exact) mass is 306 g/mol. The molecule has 0 saturated heterocycles. The number of halogens is 1. The van der Waals surface area contributed by atoms with Crippen molar-refractivity contribution >= 4 is 23.3 Å². The lowest BCUT2D eigenvalue weighted by molar-refractivity contribution is 0.102. The van der Waals surface area contributed by atoms with Gasteiger partial charge in [-0.3, -0.25) is 4.79 Å². The number of anilines is 1. The van der Waals surface area contributed by atoms with E-state index in [1.807, 2.05) is 27.1 Å². The van der Waals surface area contributed by atoms with Crippen molar-refractivity contribution in [3.63, 3.8) is 0 Å². The molecular weight excluding hydrogens is 288 g/mol. The van der Waals surface area contributed by atoms with Crippen LogP contribution in [0.25, 0.3) is 0 Å². The van der Waals surface area contributed by atoms with Crippen molar-refractivity contribution in [2.75, 3.05) is 26.0 Å². The van der Waals surface area contributed by atoms with Crippen LogP contribution in [0.4, 0.5) is 5.82 Å². The molecule has 0 aliphatic rings. The Bertz CT molecular complexity index is 636. The summed E-state index contributed by atoms with van der Waals surface area (Å²) in [6.45, 7) is 3.48. The number of nitrogens with one attached hydrogen (secondary N) is 1. The number of aromatic nitrogens is 2. The van der Waals surface area contributed by atoms with Crippen LogP contribution in [0.2, 0.25) is 5.02 Å². The van der Waals surface area contributed by atoms with E-state index in [2.05, 4.69) is 15.3 Å². The zero-order valence-corrected chi connectivity index (χ0v) is 13.2. The smallest absolute Gasteiger partial charge is 0.258 e. The van der Waals surface area contributed by atoms with Gasteiger partial charge >= 0.3 is 0 Å². The molecule has 0 spiro atoms. The van der Waals surface area contributed by atoms with Crippen LogP contribution in [0.15, 0.2) is 30.5 Å². The average molecular weight is 307 g/mol. The lowest BCUT2D eigenvalue weighted by Gasteiger charge is -2.13. The van der Waals surface area contributed by atoms with Crippen LogP contribution in [0.3, 0.4) is 0 Å². The molecule has 2 aromatic rings. The summed E-state index contributed by atoms with van der Waals surface area (Å²) in [5.41, 5.74) is 1.48. The van der Waals surface area contributed by atoms with E-state index >= 15 is 0 Å². The molecule has 0 saturated carbocycles. The number of hydrogen-bond acceptors (Lipinski definition) is 3. The lowest BCUT2D eigenvalue weighted by Crippen LogP contribution is -2.22. The van der Waals surface area contributed by atoms with E-state index in [0.29, 0.717) is 22.9 Å². The first kappa shape index (κ1) is 15.5. The van der Waals surface area contributed by atoms with E-state index in [1.54, 1.807) is 29.1 Å². The van der Waals surface area contributed by atoms with Gasteiger partial charge in [0.05, 0.1) is 23.3 Å². The second-order valence-electron chi connectivity index (χ2n) is 5.18. The Morgan fingerprint density at radius 3 is 2.81 bits per heavy atom. The van der Waals surface area contributed by atoms with Gasteiger partial charge in [0.2, 0.25) is 0 Å². The third-order valence-electron chi connectivity index (χ3n) is 3.09. The van der Waals surface area contributed by atoms with Crippen LogP contribution in [-0.4, -0.2) is 41.2 Å². The molecule has 21 heavy (non-hydrogen) atoms. The molecular formula is C15H19ClN4O. The molecule has 6 heteroatoms. The predicted molar refractivity (Wildman–Crippen MR) is 84.9 cm³/mol. The van der Waals surface area contributed by atoms with Crippen molar-refractivity contribution in [2.45, 2.75) is 13.5 Å². The Balaban J connectivity index is 2.11. The normalized spacial score (nSPS) is 10.9. The Labute approximate surface area is 129 Å². The van der Waals surface area contributed by atoms with E-state index in [1.165, 1.54) is 0 Å². The summed E-state index contributed by atoms with van der Waals surface area (Å²) in [5, 5.41) is 7.51. The molecule has 2 rings (SSSR count). The van der Waals surface area contributed by atoms with E-state index < -0.39 is 0 Å². The van der Waals surface area contributed by atoms with Gasteiger partial charge in [0.15, 0.2) is 0 Å². The predicted octanol–water partition coefficient (Wildman–Crippen LogP) is 2.66. The largest absolute Gasteiger partial charge is 0.308 e. The molecule has 0 fully saturated rings. The van der Waals surface area contributed by atoms with Crippen molar-refractivity contribution in [1.82, 2.24) is 14.7 Å². The summed E-state index contributed by atoms with van der Waals surface area (Å²) in [4.78, 5) is 14.3. The first-order valence-electron chi connectivity index (χ1n) is 6.71. The fourth-order valence-electron chi connectivity index (χ4n) is 1.90. The molecule has 0 radical (unpaired) electrons. The lowest BCUT2D eigenvalue weighted by atomic mass is 10.1. The maximum atomic E-state index is 12.3. The van der Waals surface area contributed by atoms with Crippen LogP contribution >= 0.6 is 11.6 Å². The number of carbonyl (C=O) groups excluding carboxylic acids is 1. The highest BCUT2D eigenvalue weighted by atomic mass is 35.5. The molecule has 0 atom stereocenters. The minimum Gasteiger partial charge on any atom is -0.308 e. The third kappa shape index (κ3) is 4.06. The van der Waals surface area contributed by atoms with E-state index in [4.69, 9.17) is 11.6 Å². The van der Waals surface area contributed by atoms with Crippen molar-refractivity contribution in [2.24, 2.45) is 0 Å². The molecule has 1 heterocycles. The fraction of sp³-hybridized carbons (Fsp3) is 0.333. The highest BCUT2D eigenvalue weighted by Crippen LogP contribution is 2.19. The van der Waals surface area contributed by atoms with Crippen molar-refractivity contribution in [3.05, 3.63) is 46.6 Å². The van der Waals surface area contributed by atoms with Crippen LogP contribution in [-0.2, 0) is 6.54 Å². The van der Waals surface area contributed by atoms with Gasteiger partial charge in [0, 0.05) is 12.6 Å². The zero-order chi connectivity index (χ0) is 15.4. The van der Waals surface area contributed by atoms with E-state index in [-0.39, 0.29) is 5.91 Å². The maximum Gasteiger partial charge on any atom is 0.258 e. The second-order valence-corrected chi connectivity index (χ2v) is 5.59. The van der Waals surface area contributed by atoms with Crippen LogP contribution < -0.4 is 5.32 Å². The van der Waals surface area contributed by atoms with Crippen LogP contribution in [0.1, 0.15) is 15.9 Å². The molecule has 112 valence electrons. The van der Waals surface area contributed by atoms with Gasteiger partial charge in [-0.15, -0.1) is 0 Å². The number of hydrogen-bond donors (Lipinski definition) is 1. The Kier molecular flexibility index (Phi) is 4.98. The number of benzene rings is 1. The van der Waals surface area contributed by atoms with Crippen molar-refractivity contribution < 1.29 is 4.79 Å². The van der Waals surface area contributed by atoms with Gasteiger partial charge in [-0.25, -0.2) is 4.68 Å². The topological polar surface area (TPSA) is 50.2 Å². The minimum absolute atomic E-state index is 0.230. The van der Waals surface area contributed by atoms with Gasteiger partial charge in [0.25, 0.3) is 5.91 Å². The minimum atomic E-state index is -0.230. The van der Waals surface area contributed by atoms with E-state index in [9.17, 15) is 4.79 Å². The Morgan fingerprint density at radius 1 is 1.38 bits per heavy atom. The zero-order valence-electron chi connectivity index (χ0n) is 12.4. The SMILES string of the molecule is Cc1ccc(C(=O)Nc2ccnn2CCN(C)C)c(Cl)c1. The van der Waals surface area contributed by atoms with Crippen LogP contribution in [0.5, 0.6) is 0 Å². The summed E-state index contributed by atoms with van der Waals surface area (Å²) in [7, 11) is 3.99. The van der Waals surface area contributed by atoms with E-state index in [0.717, 1.165) is 12.1 Å². The molecule has 0 aliphatic carbocycles. The molecule has 1 N–H and O–H groups in total. The Morgan fingerprint density at radius 2 is 2.14 bits per heavy atom. The number of nitrogens with zero attached hydrogens (tertiary/aromatic N) is 3. The third-order valence-corrected chi connectivity index (χ3v) is 3.40.